The van der Waals surface area contributed by atoms with Crippen LogP contribution in [0.25, 0.3) is 0 Å². The Bertz CT molecular complexity index is 864. The first-order valence-electron chi connectivity index (χ1n) is 10.6. The minimum absolute atomic E-state index is 0.0921. The van der Waals surface area contributed by atoms with Crippen LogP contribution < -0.4 is 4.90 Å². The van der Waals surface area contributed by atoms with Crippen LogP contribution in [0.4, 0.5) is 5.82 Å². The third kappa shape index (κ3) is 4.23. The van der Waals surface area contributed by atoms with Gasteiger partial charge in [-0.2, -0.15) is 0 Å². The van der Waals surface area contributed by atoms with Gasteiger partial charge in [0.25, 0.3) is 0 Å². The van der Waals surface area contributed by atoms with E-state index in [4.69, 9.17) is 0 Å². The zero-order valence-electron chi connectivity index (χ0n) is 17.6. The van der Waals surface area contributed by atoms with Crippen LogP contribution in [0, 0.1) is 5.92 Å². The van der Waals surface area contributed by atoms with E-state index in [-0.39, 0.29) is 18.4 Å². The number of amides is 1. The summed E-state index contributed by atoms with van der Waals surface area (Å²) in [6.07, 6.45) is 7.12. The van der Waals surface area contributed by atoms with Gasteiger partial charge >= 0.3 is 0 Å². The Morgan fingerprint density at radius 3 is 2.97 bits per heavy atom. The van der Waals surface area contributed by atoms with Crippen LogP contribution in [0.3, 0.4) is 0 Å². The van der Waals surface area contributed by atoms with Crippen LogP contribution in [-0.4, -0.2) is 67.7 Å². The fourth-order valence-electron chi connectivity index (χ4n) is 4.55. The molecule has 1 amide bonds. The van der Waals surface area contributed by atoms with Crippen molar-refractivity contribution in [1.82, 2.24) is 35.1 Å². The number of fused-ring (bicyclic) bond motifs is 1. The van der Waals surface area contributed by atoms with Gasteiger partial charge in [0, 0.05) is 43.9 Å². The van der Waals surface area contributed by atoms with Crippen LogP contribution in [0.5, 0.6) is 0 Å². The molecule has 1 aliphatic heterocycles. The second-order valence-electron chi connectivity index (χ2n) is 8.55. The SMILES string of the molecule is CC(C)c1nnnn1CC(=O)N1CCCC(CN(C)c2ncnc3c2CCC3)C1. The molecule has 0 saturated carbocycles. The summed E-state index contributed by atoms with van der Waals surface area (Å²) in [6.45, 7) is 6.75. The number of likely N-dealkylation sites (tertiary alicyclic amines) is 1. The molecule has 9 nitrogen and oxygen atoms in total. The second-order valence-corrected chi connectivity index (χ2v) is 8.55. The van der Waals surface area contributed by atoms with Gasteiger partial charge in [-0.05, 0) is 48.4 Å². The number of carbonyl (C=O) groups is 1. The van der Waals surface area contributed by atoms with Crippen LogP contribution in [0.15, 0.2) is 6.33 Å². The minimum atomic E-state index is 0.0921. The van der Waals surface area contributed by atoms with Gasteiger partial charge in [-0.15, -0.1) is 5.10 Å². The van der Waals surface area contributed by atoms with Crippen molar-refractivity contribution < 1.29 is 4.79 Å². The Balaban J connectivity index is 1.38. The van der Waals surface area contributed by atoms with Gasteiger partial charge in [-0.1, -0.05) is 13.8 Å². The number of aromatic nitrogens is 6. The van der Waals surface area contributed by atoms with Crippen LogP contribution in [-0.2, 0) is 24.2 Å². The summed E-state index contributed by atoms with van der Waals surface area (Å²) in [5, 5.41) is 11.8. The molecule has 0 aromatic carbocycles. The average molecular weight is 399 g/mol. The molecule has 2 aliphatic rings. The lowest BCUT2D eigenvalue weighted by atomic mass is 9.97. The molecule has 0 spiro atoms. The number of piperidine rings is 1. The molecule has 2 aromatic heterocycles. The molecule has 1 atom stereocenters. The van der Waals surface area contributed by atoms with Crippen molar-refractivity contribution in [3.63, 3.8) is 0 Å². The summed E-state index contributed by atoms with van der Waals surface area (Å²) in [5.74, 6) is 2.53. The average Bonchev–Trinajstić information content (AvgIpc) is 3.37. The predicted molar refractivity (Wildman–Crippen MR) is 109 cm³/mol. The number of nitrogens with zero attached hydrogens (tertiary/aromatic N) is 8. The zero-order chi connectivity index (χ0) is 20.4. The fraction of sp³-hybridized carbons (Fsp3) is 0.700. The molecule has 156 valence electrons. The number of anilines is 1. The number of aryl methyl sites for hydroxylation is 1. The smallest absolute Gasteiger partial charge is 0.244 e. The van der Waals surface area contributed by atoms with Gasteiger partial charge < -0.3 is 9.80 Å². The van der Waals surface area contributed by atoms with E-state index in [0.29, 0.717) is 5.92 Å². The Kier molecular flexibility index (Phi) is 5.73. The van der Waals surface area contributed by atoms with E-state index in [1.54, 1.807) is 11.0 Å². The van der Waals surface area contributed by atoms with Crippen molar-refractivity contribution in [2.75, 3.05) is 31.6 Å². The monoisotopic (exact) mass is 398 g/mol. The van der Waals surface area contributed by atoms with Crippen molar-refractivity contribution in [2.45, 2.75) is 58.4 Å². The summed E-state index contributed by atoms with van der Waals surface area (Å²) in [5.41, 5.74) is 2.50. The molecule has 1 unspecified atom stereocenters. The van der Waals surface area contributed by atoms with Crippen LogP contribution in [0.1, 0.15) is 56.1 Å². The van der Waals surface area contributed by atoms with Crippen molar-refractivity contribution in [2.24, 2.45) is 5.92 Å². The zero-order valence-corrected chi connectivity index (χ0v) is 17.6. The predicted octanol–water partition coefficient (Wildman–Crippen LogP) is 1.45. The molecule has 1 fully saturated rings. The summed E-state index contributed by atoms with van der Waals surface area (Å²) < 4.78 is 1.63. The Labute approximate surface area is 171 Å². The summed E-state index contributed by atoms with van der Waals surface area (Å²) in [7, 11) is 2.11. The standard InChI is InChI=1S/C20H30N8O/c1-14(2)19-23-24-25-28(19)12-18(29)27-9-5-6-15(11-27)10-26(3)20-16-7-4-8-17(16)21-13-22-20/h13-15H,4-12H2,1-3H3. The largest absolute Gasteiger partial charge is 0.359 e. The summed E-state index contributed by atoms with van der Waals surface area (Å²) >= 11 is 0. The first kappa shape index (κ1) is 19.7. The van der Waals surface area contributed by atoms with Gasteiger partial charge in [-0.3, -0.25) is 4.79 Å². The van der Waals surface area contributed by atoms with Crippen LogP contribution in [0.2, 0.25) is 0 Å². The second kappa shape index (κ2) is 8.42. The molecule has 1 aliphatic carbocycles. The topological polar surface area (TPSA) is 92.9 Å². The molecular weight excluding hydrogens is 368 g/mol. The van der Waals surface area contributed by atoms with Gasteiger partial charge in [0.05, 0.1) is 0 Å². The summed E-state index contributed by atoms with van der Waals surface area (Å²) in [6, 6.07) is 0. The van der Waals surface area contributed by atoms with E-state index >= 15 is 0 Å². The molecule has 2 aromatic rings. The first-order chi connectivity index (χ1) is 14.0. The van der Waals surface area contributed by atoms with Gasteiger partial charge in [0.2, 0.25) is 5.91 Å². The van der Waals surface area contributed by atoms with E-state index < -0.39 is 0 Å². The Morgan fingerprint density at radius 2 is 2.14 bits per heavy atom. The minimum Gasteiger partial charge on any atom is -0.359 e. The van der Waals surface area contributed by atoms with Gasteiger partial charge in [0.1, 0.15) is 18.7 Å². The van der Waals surface area contributed by atoms with Crippen molar-refractivity contribution in [3.8, 4) is 0 Å². The quantitative estimate of drug-likeness (QED) is 0.727. The van der Waals surface area contributed by atoms with E-state index in [9.17, 15) is 4.79 Å². The highest BCUT2D eigenvalue weighted by Crippen LogP contribution is 2.28. The molecule has 0 N–H and O–H groups in total. The third-order valence-electron chi connectivity index (χ3n) is 5.98. The molecule has 4 rings (SSSR count). The van der Waals surface area contributed by atoms with Gasteiger partial charge in [0.15, 0.2) is 5.82 Å². The number of carbonyl (C=O) groups excluding carboxylic acids is 1. The maximum atomic E-state index is 12.9. The van der Waals surface area contributed by atoms with E-state index in [0.717, 1.165) is 63.4 Å². The number of hydrogen-bond donors (Lipinski definition) is 0. The van der Waals surface area contributed by atoms with E-state index in [1.807, 2.05) is 18.7 Å². The first-order valence-corrected chi connectivity index (χ1v) is 10.6. The maximum Gasteiger partial charge on any atom is 0.244 e. The van der Waals surface area contributed by atoms with Crippen LogP contribution >= 0.6 is 0 Å². The molecule has 3 heterocycles. The molecule has 0 radical (unpaired) electrons. The lowest BCUT2D eigenvalue weighted by Gasteiger charge is -2.35. The normalized spacial score (nSPS) is 18.9. The van der Waals surface area contributed by atoms with Gasteiger partial charge in [-0.25, -0.2) is 14.6 Å². The molecular formula is C20H30N8O. The highest BCUT2D eigenvalue weighted by atomic mass is 16.2. The Hall–Kier alpha value is -2.58. The van der Waals surface area contributed by atoms with Crippen molar-refractivity contribution in [3.05, 3.63) is 23.4 Å². The molecule has 1 saturated heterocycles. The molecule has 29 heavy (non-hydrogen) atoms. The lowest BCUT2D eigenvalue weighted by molar-refractivity contribution is -0.133. The highest BCUT2D eigenvalue weighted by molar-refractivity contribution is 5.76. The number of tetrazole rings is 1. The number of hydrogen-bond acceptors (Lipinski definition) is 7. The molecule has 9 heteroatoms. The number of rotatable bonds is 6. The fourth-order valence-corrected chi connectivity index (χ4v) is 4.55. The maximum absolute atomic E-state index is 12.9. The Morgan fingerprint density at radius 1 is 1.28 bits per heavy atom. The van der Waals surface area contributed by atoms with E-state index in [1.165, 1.54) is 11.3 Å². The van der Waals surface area contributed by atoms with E-state index in [2.05, 4.69) is 37.4 Å². The lowest BCUT2D eigenvalue weighted by Crippen LogP contribution is -2.44. The molecule has 0 bridgehead atoms. The third-order valence-corrected chi connectivity index (χ3v) is 5.98. The highest BCUT2D eigenvalue weighted by Gasteiger charge is 2.27. The van der Waals surface area contributed by atoms with Crippen molar-refractivity contribution >= 4 is 11.7 Å². The summed E-state index contributed by atoms with van der Waals surface area (Å²) in [4.78, 5) is 26.1. The van der Waals surface area contributed by atoms with Crippen molar-refractivity contribution in [1.29, 1.82) is 0 Å².